The standard InChI is InChI=1S/C14H21F3N2/c1-3-8-19(10-14(15,16)17)13-5-4-12(6-7-18)11(2)9-13/h4-5,9H,3,6-8,10,18H2,1-2H3. The Hall–Kier alpha value is -1.23. The summed E-state index contributed by atoms with van der Waals surface area (Å²) in [7, 11) is 0. The number of alkyl halides is 3. The summed E-state index contributed by atoms with van der Waals surface area (Å²) >= 11 is 0. The van der Waals surface area contributed by atoms with Crippen LogP contribution < -0.4 is 10.6 Å². The maximum absolute atomic E-state index is 12.6. The van der Waals surface area contributed by atoms with Crippen molar-refractivity contribution in [3.63, 3.8) is 0 Å². The van der Waals surface area contributed by atoms with Crippen molar-refractivity contribution in [2.24, 2.45) is 5.73 Å². The van der Waals surface area contributed by atoms with E-state index in [0.29, 0.717) is 25.2 Å². The summed E-state index contributed by atoms with van der Waals surface area (Å²) in [6.07, 6.45) is -2.75. The highest BCUT2D eigenvalue weighted by molar-refractivity contribution is 5.51. The average molecular weight is 274 g/mol. The lowest BCUT2D eigenvalue weighted by molar-refractivity contribution is -0.119. The van der Waals surface area contributed by atoms with Gasteiger partial charge in [-0.15, -0.1) is 0 Å². The van der Waals surface area contributed by atoms with Gasteiger partial charge >= 0.3 is 6.18 Å². The van der Waals surface area contributed by atoms with Gasteiger partial charge in [0.05, 0.1) is 0 Å². The second-order valence-corrected chi connectivity index (χ2v) is 4.69. The van der Waals surface area contributed by atoms with Gasteiger partial charge in [0, 0.05) is 12.2 Å². The molecule has 2 N–H and O–H groups in total. The summed E-state index contributed by atoms with van der Waals surface area (Å²) < 4.78 is 37.7. The minimum Gasteiger partial charge on any atom is -0.363 e. The van der Waals surface area contributed by atoms with Crippen molar-refractivity contribution in [2.75, 3.05) is 24.5 Å². The molecule has 0 aliphatic carbocycles. The monoisotopic (exact) mass is 274 g/mol. The molecule has 1 rings (SSSR count). The van der Waals surface area contributed by atoms with Gasteiger partial charge in [-0.3, -0.25) is 0 Å². The molecule has 0 fully saturated rings. The number of aryl methyl sites for hydroxylation is 1. The van der Waals surface area contributed by atoms with Crippen LogP contribution in [-0.2, 0) is 6.42 Å². The van der Waals surface area contributed by atoms with Gasteiger partial charge in [0.2, 0.25) is 0 Å². The first-order valence-electron chi connectivity index (χ1n) is 6.48. The molecular formula is C14H21F3N2. The molecule has 2 nitrogen and oxygen atoms in total. The van der Waals surface area contributed by atoms with Crippen molar-refractivity contribution in [3.05, 3.63) is 29.3 Å². The fraction of sp³-hybridized carbons (Fsp3) is 0.571. The van der Waals surface area contributed by atoms with E-state index in [2.05, 4.69) is 0 Å². The van der Waals surface area contributed by atoms with Crippen LogP contribution in [-0.4, -0.2) is 25.8 Å². The molecule has 0 atom stereocenters. The zero-order valence-corrected chi connectivity index (χ0v) is 11.4. The summed E-state index contributed by atoms with van der Waals surface area (Å²) in [5, 5.41) is 0. The maximum Gasteiger partial charge on any atom is 0.405 e. The molecule has 0 heterocycles. The van der Waals surface area contributed by atoms with Gasteiger partial charge in [-0.25, -0.2) is 0 Å². The van der Waals surface area contributed by atoms with Crippen LogP contribution in [0.25, 0.3) is 0 Å². The first-order chi connectivity index (χ1) is 8.87. The van der Waals surface area contributed by atoms with Crippen LogP contribution in [0.15, 0.2) is 18.2 Å². The number of hydrogen-bond donors (Lipinski definition) is 1. The molecule has 19 heavy (non-hydrogen) atoms. The molecule has 0 radical (unpaired) electrons. The Balaban J connectivity index is 2.93. The second kappa shape index (κ2) is 6.80. The molecule has 0 spiro atoms. The van der Waals surface area contributed by atoms with E-state index in [1.54, 1.807) is 6.07 Å². The van der Waals surface area contributed by atoms with Gasteiger partial charge in [0.25, 0.3) is 0 Å². The van der Waals surface area contributed by atoms with Crippen LogP contribution in [0, 0.1) is 6.92 Å². The predicted molar refractivity (Wildman–Crippen MR) is 72.5 cm³/mol. The smallest absolute Gasteiger partial charge is 0.363 e. The lowest BCUT2D eigenvalue weighted by Crippen LogP contribution is -2.34. The highest BCUT2D eigenvalue weighted by atomic mass is 19.4. The van der Waals surface area contributed by atoms with E-state index in [9.17, 15) is 13.2 Å². The number of anilines is 1. The van der Waals surface area contributed by atoms with E-state index in [1.807, 2.05) is 26.0 Å². The van der Waals surface area contributed by atoms with Crippen molar-refractivity contribution in [1.82, 2.24) is 0 Å². The molecule has 0 bridgehead atoms. The zero-order valence-electron chi connectivity index (χ0n) is 11.4. The number of hydrogen-bond acceptors (Lipinski definition) is 2. The number of halogens is 3. The van der Waals surface area contributed by atoms with Crippen LogP contribution in [0.2, 0.25) is 0 Å². The first kappa shape index (κ1) is 15.8. The summed E-state index contributed by atoms with van der Waals surface area (Å²) in [5.74, 6) is 0. The molecule has 0 aliphatic rings. The molecule has 1 aromatic carbocycles. The van der Waals surface area contributed by atoms with E-state index >= 15 is 0 Å². The Kier molecular flexibility index (Phi) is 5.66. The van der Waals surface area contributed by atoms with E-state index < -0.39 is 12.7 Å². The molecule has 5 heteroatoms. The third-order valence-electron chi connectivity index (χ3n) is 2.97. The summed E-state index contributed by atoms with van der Waals surface area (Å²) in [5.41, 5.74) is 8.21. The van der Waals surface area contributed by atoms with Crippen molar-refractivity contribution in [1.29, 1.82) is 0 Å². The third kappa shape index (κ3) is 5.11. The van der Waals surface area contributed by atoms with Crippen LogP contribution >= 0.6 is 0 Å². The Morgan fingerprint density at radius 3 is 2.42 bits per heavy atom. The Bertz CT molecular complexity index is 402. The van der Waals surface area contributed by atoms with E-state index in [4.69, 9.17) is 5.73 Å². The maximum atomic E-state index is 12.6. The first-order valence-corrected chi connectivity index (χ1v) is 6.48. The minimum absolute atomic E-state index is 0.398. The molecule has 0 saturated heterocycles. The van der Waals surface area contributed by atoms with E-state index in [-0.39, 0.29) is 0 Å². The van der Waals surface area contributed by atoms with Crippen LogP contribution in [0.3, 0.4) is 0 Å². The molecular weight excluding hydrogens is 253 g/mol. The van der Waals surface area contributed by atoms with Gasteiger partial charge < -0.3 is 10.6 Å². The van der Waals surface area contributed by atoms with Crippen molar-refractivity contribution in [2.45, 2.75) is 32.9 Å². The molecule has 0 amide bonds. The average Bonchev–Trinajstić information content (AvgIpc) is 2.30. The Morgan fingerprint density at radius 1 is 1.26 bits per heavy atom. The number of benzene rings is 1. The number of nitrogens with zero attached hydrogens (tertiary/aromatic N) is 1. The predicted octanol–water partition coefficient (Wildman–Crippen LogP) is 3.27. The molecule has 0 unspecified atom stereocenters. The number of nitrogens with two attached hydrogens (primary N) is 1. The molecule has 0 aliphatic heterocycles. The van der Waals surface area contributed by atoms with Gasteiger partial charge in [-0.1, -0.05) is 13.0 Å². The SMILES string of the molecule is CCCN(CC(F)(F)F)c1ccc(CCN)c(C)c1. The van der Waals surface area contributed by atoms with Crippen LogP contribution in [0.5, 0.6) is 0 Å². The van der Waals surface area contributed by atoms with Crippen molar-refractivity contribution in [3.8, 4) is 0 Å². The van der Waals surface area contributed by atoms with Crippen LogP contribution in [0.1, 0.15) is 24.5 Å². The lowest BCUT2D eigenvalue weighted by Gasteiger charge is -2.26. The van der Waals surface area contributed by atoms with Gasteiger partial charge in [0.1, 0.15) is 6.54 Å². The Morgan fingerprint density at radius 2 is 1.95 bits per heavy atom. The van der Waals surface area contributed by atoms with Crippen molar-refractivity contribution < 1.29 is 13.2 Å². The zero-order chi connectivity index (χ0) is 14.5. The summed E-state index contributed by atoms with van der Waals surface area (Å²) in [6.45, 7) is 3.82. The topological polar surface area (TPSA) is 29.3 Å². The quantitative estimate of drug-likeness (QED) is 0.862. The van der Waals surface area contributed by atoms with Crippen molar-refractivity contribution >= 4 is 5.69 Å². The van der Waals surface area contributed by atoms with Gasteiger partial charge in [-0.05, 0) is 49.6 Å². The highest BCUT2D eigenvalue weighted by Crippen LogP contribution is 2.24. The molecule has 0 aromatic heterocycles. The largest absolute Gasteiger partial charge is 0.405 e. The van der Waals surface area contributed by atoms with Gasteiger partial charge in [0.15, 0.2) is 0 Å². The molecule has 0 saturated carbocycles. The third-order valence-corrected chi connectivity index (χ3v) is 2.97. The van der Waals surface area contributed by atoms with Gasteiger partial charge in [-0.2, -0.15) is 13.2 Å². The molecule has 108 valence electrons. The van der Waals surface area contributed by atoms with E-state index in [0.717, 1.165) is 17.5 Å². The lowest BCUT2D eigenvalue weighted by atomic mass is 10.0. The van der Waals surface area contributed by atoms with Crippen LogP contribution in [0.4, 0.5) is 18.9 Å². The minimum atomic E-state index is -4.18. The van der Waals surface area contributed by atoms with E-state index in [1.165, 1.54) is 4.90 Å². The fourth-order valence-electron chi connectivity index (χ4n) is 2.10. The number of rotatable bonds is 6. The summed E-state index contributed by atoms with van der Waals surface area (Å²) in [4.78, 5) is 1.37. The normalized spacial score (nSPS) is 11.7. The molecule has 1 aromatic rings. The highest BCUT2D eigenvalue weighted by Gasteiger charge is 2.30. The summed E-state index contributed by atoms with van der Waals surface area (Å²) in [6, 6.07) is 5.43. The Labute approximate surface area is 112 Å². The second-order valence-electron chi connectivity index (χ2n) is 4.69. The fourth-order valence-corrected chi connectivity index (χ4v) is 2.10.